The third-order valence-corrected chi connectivity index (χ3v) is 4.16. The summed E-state index contributed by atoms with van der Waals surface area (Å²) in [4.78, 5) is 0. The van der Waals surface area contributed by atoms with Crippen molar-refractivity contribution in [3.63, 3.8) is 0 Å². The van der Waals surface area contributed by atoms with Crippen LogP contribution in [0.1, 0.15) is 25.8 Å². The Morgan fingerprint density at radius 1 is 1.32 bits per heavy atom. The Morgan fingerprint density at radius 2 is 2.05 bits per heavy atom. The van der Waals surface area contributed by atoms with E-state index >= 15 is 0 Å². The van der Waals surface area contributed by atoms with Crippen LogP contribution in [0, 0.1) is 0 Å². The first-order valence-electron chi connectivity index (χ1n) is 5.88. The molecule has 0 bridgehead atoms. The third kappa shape index (κ3) is 4.24. The van der Waals surface area contributed by atoms with Gasteiger partial charge in [0.2, 0.25) is 0 Å². The fourth-order valence-electron chi connectivity index (χ4n) is 1.44. The monoisotopic (exact) mass is 359 g/mol. The van der Waals surface area contributed by atoms with E-state index in [0.29, 0.717) is 5.02 Å². The van der Waals surface area contributed by atoms with E-state index in [9.17, 15) is 0 Å². The van der Waals surface area contributed by atoms with E-state index in [1.165, 1.54) is 0 Å². The lowest BCUT2D eigenvalue weighted by atomic mass is 10.1. The van der Waals surface area contributed by atoms with Crippen LogP contribution in [-0.4, -0.2) is 15.7 Å². The van der Waals surface area contributed by atoms with Gasteiger partial charge in [0.15, 0.2) is 0 Å². The van der Waals surface area contributed by atoms with Crippen molar-refractivity contribution in [2.24, 2.45) is 0 Å². The first-order chi connectivity index (χ1) is 8.85. The molecule has 102 valence electrons. The molecule has 1 aromatic heterocycles. The van der Waals surface area contributed by atoms with Gasteiger partial charge in [-0.3, -0.25) is 0 Å². The predicted molar refractivity (Wildman–Crippen MR) is 84.6 cm³/mol. The maximum absolute atomic E-state index is 6.22. The van der Waals surface area contributed by atoms with Crippen molar-refractivity contribution in [1.29, 1.82) is 0 Å². The molecule has 1 aromatic carbocycles. The number of hydrogen-bond donors (Lipinski definition) is 1. The zero-order valence-corrected chi connectivity index (χ0v) is 14.2. The minimum Gasteiger partial charge on any atom is -0.306 e. The van der Waals surface area contributed by atoms with E-state index in [1.54, 1.807) is 11.3 Å². The average Bonchev–Trinajstić information content (AvgIpc) is 2.74. The predicted octanol–water partition coefficient (Wildman–Crippen LogP) is 4.51. The molecule has 3 nitrogen and oxygen atoms in total. The number of halogens is 2. The van der Waals surface area contributed by atoms with Crippen LogP contribution in [0.5, 0.6) is 0 Å². The highest BCUT2D eigenvalue weighted by Crippen LogP contribution is 2.32. The summed E-state index contributed by atoms with van der Waals surface area (Å²) >= 11 is 11.2. The van der Waals surface area contributed by atoms with Gasteiger partial charge in [0.05, 0.1) is 11.6 Å². The summed E-state index contributed by atoms with van der Waals surface area (Å²) in [5, 5.41) is 14.3. The van der Waals surface area contributed by atoms with Crippen molar-refractivity contribution in [3.05, 3.63) is 32.7 Å². The second-order valence-electron chi connectivity index (χ2n) is 5.23. The van der Waals surface area contributed by atoms with E-state index in [4.69, 9.17) is 11.6 Å². The molecule has 0 aliphatic rings. The van der Waals surface area contributed by atoms with Crippen LogP contribution in [0.4, 0.5) is 0 Å². The van der Waals surface area contributed by atoms with Gasteiger partial charge >= 0.3 is 0 Å². The Balaban J connectivity index is 2.16. The summed E-state index contributed by atoms with van der Waals surface area (Å²) in [7, 11) is 0. The fraction of sp³-hybridized carbons (Fsp3) is 0.385. The molecule has 0 unspecified atom stereocenters. The zero-order valence-electron chi connectivity index (χ0n) is 11.0. The van der Waals surface area contributed by atoms with E-state index in [1.807, 2.05) is 18.2 Å². The molecule has 1 heterocycles. The molecule has 19 heavy (non-hydrogen) atoms. The van der Waals surface area contributed by atoms with Gasteiger partial charge in [-0.1, -0.05) is 38.9 Å². The highest BCUT2D eigenvalue weighted by atomic mass is 79.9. The Kier molecular flexibility index (Phi) is 4.61. The van der Waals surface area contributed by atoms with E-state index in [2.05, 4.69) is 52.2 Å². The molecular formula is C13H15BrClN3S. The van der Waals surface area contributed by atoms with E-state index in [-0.39, 0.29) is 5.54 Å². The normalized spacial score (nSPS) is 11.8. The molecule has 2 aromatic rings. The van der Waals surface area contributed by atoms with Crippen molar-refractivity contribution in [1.82, 2.24) is 15.5 Å². The van der Waals surface area contributed by atoms with E-state index in [0.717, 1.165) is 26.6 Å². The van der Waals surface area contributed by atoms with Crippen LogP contribution in [0.25, 0.3) is 10.6 Å². The van der Waals surface area contributed by atoms with Gasteiger partial charge in [-0.05, 0) is 39.0 Å². The lowest BCUT2D eigenvalue weighted by Gasteiger charge is -2.19. The number of aromatic nitrogens is 2. The SMILES string of the molecule is CC(C)(C)NCc1nnc(-c2ccc(Br)cc2Cl)s1. The summed E-state index contributed by atoms with van der Waals surface area (Å²) in [6.07, 6.45) is 0. The second kappa shape index (κ2) is 5.87. The standard InChI is InChI=1S/C13H15BrClN3S/c1-13(2,3)16-7-11-17-18-12(19-11)9-5-4-8(14)6-10(9)15/h4-6,16H,7H2,1-3H3. The Hall–Kier alpha value is -0.490. The lowest BCUT2D eigenvalue weighted by Crippen LogP contribution is -2.35. The summed E-state index contributed by atoms with van der Waals surface area (Å²) in [6.45, 7) is 7.09. The Morgan fingerprint density at radius 3 is 2.68 bits per heavy atom. The van der Waals surface area contributed by atoms with Gasteiger partial charge < -0.3 is 5.32 Å². The summed E-state index contributed by atoms with van der Waals surface area (Å²) < 4.78 is 0.959. The molecule has 0 saturated heterocycles. The Labute approximate surface area is 130 Å². The molecule has 6 heteroatoms. The van der Waals surface area contributed by atoms with Crippen LogP contribution in [-0.2, 0) is 6.54 Å². The molecule has 2 rings (SSSR count). The van der Waals surface area contributed by atoms with Crippen molar-refractivity contribution in [2.45, 2.75) is 32.9 Å². The quantitative estimate of drug-likeness (QED) is 0.875. The minimum atomic E-state index is 0.0705. The fourth-order valence-corrected chi connectivity index (χ4v) is 3.08. The summed E-state index contributed by atoms with van der Waals surface area (Å²) in [5.41, 5.74) is 0.991. The first-order valence-corrected chi connectivity index (χ1v) is 7.87. The van der Waals surface area contributed by atoms with Crippen LogP contribution in [0.3, 0.4) is 0 Å². The molecule has 0 radical (unpaired) electrons. The van der Waals surface area contributed by atoms with Gasteiger partial charge in [-0.2, -0.15) is 0 Å². The topological polar surface area (TPSA) is 37.8 Å². The van der Waals surface area contributed by atoms with Crippen molar-refractivity contribution >= 4 is 38.9 Å². The van der Waals surface area contributed by atoms with Gasteiger partial charge in [-0.15, -0.1) is 10.2 Å². The number of benzene rings is 1. The highest BCUT2D eigenvalue weighted by molar-refractivity contribution is 9.10. The average molecular weight is 361 g/mol. The molecule has 1 N–H and O–H groups in total. The van der Waals surface area contributed by atoms with Crippen molar-refractivity contribution in [3.8, 4) is 10.6 Å². The number of nitrogens with zero attached hydrogens (tertiary/aromatic N) is 2. The molecule has 0 aliphatic carbocycles. The molecule has 0 saturated carbocycles. The lowest BCUT2D eigenvalue weighted by molar-refractivity contribution is 0.423. The number of rotatable bonds is 3. The van der Waals surface area contributed by atoms with Crippen LogP contribution >= 0.6 is 38.9 Å². The van der Waals surface area contributed by atoms with Gasteiger partial charge in [0.25, 0.3) is 0 Å². The summed E-state index contributed by atoms with van der Waals surface area (Å²) in [6, 6.07) is 5.77. The molecule has 0 amide bonds. The third-order valence-electron chi connectivity index (χ3n) is 2.40. The van der Waals surface area contributed by atoms with Crippen molar-refractivity contribution in [2.75, 3.05) is 0 Å². The number of hydrogen-bond acceptors (Lipinski definition) is 4. The highest BCUT2D eigenvalue weighted by Gasteiger charge is 2.13. The minimum absolute atomic E-state index is 0.0705. The first kappa shape index (κ1) is 14.9. The van der Waals surface area contributed by atoms with Gasteiger partial charge in [0.1, 0.15) is 10.0 Å². The second-order valence-corrected chi connectivity index (χ2v) is 7.61. The zero-order chi connectivity index (χ0) is 14.0. The van der Waals surface area contributed by atoms with Crippen LogP contribution < -0.4 is 5.32 Å². The molecule has 0 spiro atoms. The smallest absolute Gasteiger partial charge is 0.149 e. The number of nitrogens with one attached hydrogen (secondary N) is 1. The van der Waals surface area contributed by atoms with Gasteiger partial charge in [-0.25, -0.2) is 0 Å². The maximum atomic E-state index is 6.22. The van der Waals surface area contributed by atoms with Crippen LogP contribution in [0.2, 0.25) is 5.02 Å². The Bertz CT molecular complexity index is 578. The molecule has 0 aliphatic heterocycles. The summed E-state index contributed by atoms with van der Waals surface area (Å²) in [5.74, 6) is 0. The van der Waals surface area contributed by atoms with E-state index < -0.39 is 0 Å². The van der Waals surface area contributed by atoms with Gasteiger partial charge in [0, 0.05) is 15.6 Å². The molecule has 0 fully saturated rings. The van der Waals surface area contributed by atoms with Crippen LogP contribution in [0.15, 0.2) is 22.7 Å². The molecular weight excluding hydrogens is 346 g/mol. The largest absolute Gasteiger partial charge is 0.306 e. The maximum Gasteiger partial charge on any atom is 0.149 e. The molecule has 0 atom stereocenters. The van der Waals surface area contributed by atoms with Crippen molar-refractivity contribution < 1.29 is 0 Å².